The van der Waals surface area contributed by atoms with Crippen molar-refractivity contribution in [2.45, 2.75) is 52.0 Å². The second kappa shape index (κ2) is 7.24. The summed E-state index contributed by atoms with van der Waals surface area (Å²) in [5, 5.41) is 3.55. The van der Waals surface area contributed by atoms with Crippen LogP contribution >= 0.6 is 0 Å². The molecule has 0 spiro atoms. The van der Waals surface area contributed by atoms with Crippen LogP contribution in [0.5, 0.6) is 0 Å². The molecule has 0 saturated heterocycles. The first kappa shape index (κ1) is 12.0. The minimum atomic E-state index is 0.702. The van der Waals surface area contributed by atoms with Crippen molar-refractivity contribution in [1.82, 2.24) is 5.32 Å². The van der Waals surface area contributed by atoms with Crippen molar-refractivity contribution < 1.29 is 4.74 Å². The molecule has 2 nitrogen and oxygen atoms in total. The lowest BCUT2D eigenvalue weighted by Gasteiger charge is -2.12. The molecule has 0 heterocycles. The molecule has 1 aliphatic rings. The first-order valence-corrected chi connectivity index (χ1v) is 6.14. The molecule has 1 fully saturated rings. The highest BCUT2D eigenvalue weighted by Gasteiger charge is 2.22. The summed E-state index contributed by atoms with van der Waals surface area (Å²) >= 11 is 0. The fourth-order valence-corrected chi connectivity index (χ4v) is 1.71. The van der Waals surface area contributed by atoms with Crippen LogP contribution in [0.4, 0.5) is 0 Å². The zero-order chi connectivity index (χ0) is 10.2. The van der Waals surface area contributed by atoms with E-state index in [1.165, 1.54) is 19.3 Å². The first-order chi connectivity index (χ1) is 6.83. The van der Waals surface area contributed by atoms with E-state index in [0.717, 1.165) is 38.5 Å². The van der Waals surface area contributed by atoms with Gasteiger partial charge in [0.15, 0.2) is 0 Å². The molecule has 1 N–H and O–H groups in total. The van der Waals surface area contributed by atoms with Gasteiger partial charge < -0.3 is 10.1 Å². The van der Waals surface area contributed by atoms with Crippen molar-refractivity contribution in [1.29, 1.82) is 0 Å². The Morgan fingerprint density at radius 1 is 1.36 bits per heavy atom. The second-order valence-corrected chi connectivity index (χ2v) is 4.50. The number of ether oxygens (including phenoxy) is 1. The predicted octanol–water partition coefficient (Wildman–Crippen LogP) is 2.58. The maximum Gasteiger partial charge on any atom is 0.0478 e. The van der Waals surface area contributed by atoms with Crippen molar-refractivity contribution in [3.05, 3.63) is 0 Å². The maximum absolute atomic E-state index is 5.42. The summed E-state index contributed by atoms with van der Waals surface area (Å²) in [5.41, 5.74) is 0. The lowest BCUT2D eigenvalue weighted by molar-refractivity contribution is 0.131. The van der Waals surface area contributed by atoms with Gasteiger partial charge in [0.1, 0.15) is 0 Å². The van der Waals surface area contributed by atoms with Crippen LogP contribution in [0, 0.1) is 5.92 Å². The van der Waals surface area contributed by atoms with E-state index in [-0.39, 0.29) is 0 Å². The molecule has 1 saturated carbocycles. The van der Waals surface area contributed by atoms with Crippen LogP contribution in [0.3, 0.4) is 0 Å². The Labute approximate surface area is 88.4 Å². The topological polar surface area (TPSA) is 21.3 Å². The van der Waals surface area contributed by atoms with Gasteiger partial charge in [0.25, 0.3) is 0 Å². The number of rotatable bonds is 9. The van der Waals surface area contributed by atoms with Gasteiger partial charge >= 0.3 is 0 Å². The Bertz CT molecular complexity index is 134. The molecule has 0 aromatic heterocycles. The van der Waals surface area contributed by atoms with Gasteiger partial charge in [-0.1, -0.05) is 19.8 Å². The van der Waals surface area contributed by atoms with Crippen LogP contribution in [-0.4, -0.2) is 25.8 Å². The predicted molar refractivity (Wildman–Crippen MR) is 60.5 cm³/mol. The van der Waals surface area contributed by atoms with Crippen LogP contribution in [0.1, 0.15) is 46.0 Å². The van der Waals surface area contributed by atoms with Crippen molar-refractivity contribution in [2.75, 3.05) is 19.8 Å². The van der Waals surface area contributed by atoms with Crippen LogP contribution in [-0.2, 0) is 4.74 Å². The highest BCUT2D eigenvalue weighted by molar-refractivity contribution is 4.77. The van der Waals surface area contributed by atoms with Gasteiger partial charge in [-0.15, -0.1) is 0 Å². The van der Waals surface area contributed by atoms with Gasteiger partial charge in [-0.25, -0.2) is 0 Å². The largest absolute Gasteiger partial charge is 0.381 e. The zero-order valence-electron chi connectivity index (χ0n) is 9.72. The summed E-state index contributed by atoms with van der Waals surface area (Å²) in [4.78, 5) is 0. The van der Waals surface area contributed by atoms with Gasteiger partial charge in [0, 0.05) is 19.3 Å². The van der Waals surface area contributed by atoms with Crippen molar-refractivity contribution >= 4 is 0 Å². The summed E-state index contributed by atoms with van der Waals surface area (Å²) < 4.78 is 5.42. The summed E-state index contributed by atoms with van der Waals surface area (Å²) in [6.45, 7) is 7.38. The highest BCUT2D eigenvalue weighted by atomic mass is 16.5. The molecule has 84 valence electrons. The van der Waals surface area contributed by atoms with E-state index >= 15 is 0 Å². The number of nitrogens with one attached hydrogen (secondary N) is 1. The molecule has 1 atom stereocenters. The lowest BCUT2D eigenvalue weighted by Crippen LogP contribution is -2.28. The Morgan fingerprint density at radius 3 is 2.79 bits per heavy atom. The monoisotopic (exact) mass is 199 g/mol. The molecule has 1 rings (SSSR count). The average Bonchev–Trinajstić information content (AvgIpc) is 2.95. The molecule has 0 aromatic rings. The van der Waals surface area contributed by atoms with E-state index in [2.05, 4.69) is 19.2 Å². The van der Waals surface area contributed by atoms with Crippen LogP contribution in [0.25, 0.3) is 0 Å². The lowest BCUT2D eigenvalue weighted by atomic mass is 10.1. The van der Waals surface area contributed by atoms with Gasteiger partial charge in [-0.05, 0) is 38.6 Å². The molecule has 0 bridgehead atoms. The fourth-order valence-electron chi connectivity index (χ4n) is 1.71. The zero-order valence-corrected chi connectivity index (χ0v) is 9.72. The minimum absolute atomic E-state index is 0.702. The molecule has 0 aliphatic heterocycles. The van der Waals surface area contributed by atoms with Gasteiger partial charge in [-0.3, -0.25) is 0 Å². The number of hydrogen-bond donors (Lipinski definition) is 1. The Balaban J connectivity index is 1.77. The van der Waals surface area contributed by atoms with Gasteiger partial charge in [-0.2, -0.15) is 0 Å². The molecular weight excluding hydrogens is 174 g/mol. The second-order valence-electron chi connectivity index (χ2n) is 4.50. The third-order valence-corrected chi connectivity index (χ3v) is 2.69. The Kier molecular flexibility index (Phi) is 6.20. The first-order valence-electron chi connectivity index (χ1n) is 6.14. The molecular formula is C12H25NO. The van der Waals surface area contributed by atoms with Gasteiger partial charge in [0.05, 0.1) is 0 Å². The van der Waals surface area contributed by atoms with E-state index < -0.39 is 0 Å². The average molecular weight is 199 g/mol. The summed E-state index contributed by atoms with van der Waals surface area (Å²) in [6.07, 6.45) is 6.58. The molecule has 0 amide bonds. The van der Waals surface area contributed by atoms with E-state index in [9.17, 15) is 0 Å². The third-order valence-electron chi connectivity index (χ3n) is 2.69. The van der Waals surface area contributed by atoms with E-state index in [0.29, 0.717) is 6.04 Å². The smallest absolute Gasteiger partial charge is 0.0478 e. The SMILES string of the molecule is CCCOCCCNC(C)CC1CC1. The van der Waals surface area contributed by atoms with Crippen molar-refractivity contribution in [2.24, 2.45) is 5.92 Å². The molecule has 14 heavy (non-hydrogen) atoms. The molecule has 0 aromatic carbocycles. The number of hydrogen-bond acceptors (Lipinski definition) is 2. The normalized spacial score (nSPS) is 18.4. The molecule has 2 heteroatoms. The van der Waals surface area contributed by atoms with Crippen molar-refractivity contribution in [3.63, 3.8) is 0 Å². The molecule has 1 aliphatic carbocycles. The van der Waals surface area contributed by atoms with Gasteiger partial charge in [0.2, 0.25) is 0 Å². The Morgan fingerprint density at radius 2 is 2.14 bits per heavy atom. The quantitative estimate of drug-likeness (QED) is 0.576. The van der Waals surface area contributed by atoms with E-state index in [4.69, 9.17) is 4.74 Å². The van der Waals surface area contributed by atoms with E-state index in [1.54, 1.807) is 0 Å². The molecule has 1 unspecified atom stereocenters. The van der Waals surface area contributed by atoms with Crippen LogP contribution in [0.15, 0.2) is 0 Å². The summed E-state index contributed by atoms with van der Waals surface area (Å²) in [7, 11) is 0. The molecule has 0 radical (unpaired) electrons. The highest BCUT2D eigenvalue weighted by Crippen LogP contribution is 2.33. The van der Waals surface area contributed by atoms with Crippen molar-refractivity contribution in [3.8, 4) is 0 Å². The fraction of sp³-hybridized carbons (Fsp3) is 1.00. The standard InChI is InChI=1S/C12H25NO/c1-3-8-14-9-4-7-13-11(2)10-12-5-6-12/h11-13H,3-10H2,1-2H3. The van der Waals surface area contributed by atoms with Crippen LogP contribution in [0.2, 0.25) is 0 Å². The third kappa shape index (κ3) is 6.39. The van der Waals surface area contributed by atoms with Crippen LogP contribution < -0.4 is 5.32 Å². The summed E-state index contributed by atoms with van der Waals surface area (Å²) in [6, 6.07) is 0.702. The maximum atomic E-state index is 5.42. The van der Waals surface area contributed by atoms with E-state index in [1.807, 2.05) is 0 Å². The minimum Gasteiger partial charge on any atom is -0.381 e. The Hall–Kier alpha value is -0.0800. The summed E-state index contributed by atoms with van der Waals surface area (Å²) in [5.74, 6) is 1.04.